The van der Waals surface area contributed by atoms with Crippen molar-refractivity contribution in [3.8, 4) is 0 Å². The molecule has 0 radical (unpaired) electrons. The SMILES string of the molecule is CCOC(=O)CN(C=N)Cc1c(N)ccc(Cl)c1Cl. The number of nitrogens with one attached hydrogen (secondary N) is 1. The van der Waals surface area contributed by atoms with Crippen LogP contribution in [-0.2, 0) is 16.1 Å². The lowest BCUT2D eigenvalue weighted by Gasteiger charge is -2.20. The van der Waals surface area contributed by atoms with E-state index in [9.17, 15) is 4.79 Å². The summed E-state index contributed by atoms with van der Waals surface area (Å²) in [7, 11) is 0. The molecule has 0 bridgehead atoms. The van der Waals surface area contributed by atoms with Gasteiger partial charge in [-0.25, -0.2) is 0 Å². The number of nitrogens with zero attached hydrogens (tertiary/aromatic N) is 1. The highest BCUT2D eigenvalue weighted by atomic mass is 35.5. The van der Waals surface area contributed by atoms with Crippen LogP contribution < -0.4 is 5.73 Å². The molecule has 19 heavy (non-hydrogen) atoms. The summed E-state index contributed by atoms with van der Waals surface area (Å²) >= 11 is 12.0. The molecule has 5 nitrogen and oxygen atoms in total. The highest BCUT2D eigenvalue weighted by molar-refractivity contribution is 6.42. The van der Waals surface area contributed by atoms with Gasteiger partial charge in [0.2, 0.25) is 0 Å². The van der Waals surface area contributed by atoms with Crippen molar-refractivity contribution in [1.29, 1.82) is 5.41 Å². The molecule has 0 fully saturated rings. The van der Waals surface area contributed by atoms with Crippen molar-refractivity contribution < 1.29 is 9.53 Å². The molecule has 0 atom stereocenters. The topological polar surface area (TPSA) is 79.4 Å². The molecule has 104 valence electrons. The summed E-state index contributed by atoms with van der Waals surface area (Å²) in [5.41, 5.74) is 6.87. The minimum atomic E-state index is -0.414. The zero-order valence-electron chi connectivity index (χ0n) is 10.5. The Morgan fingerprint density at radius 3 is 2.79 bits per heavy atom. The Labute approximate surface area is 121 Å². The number of hydrogen-bond acceptors (Lipinski definition) is 4. The van der Waals surface area contributed by atoms with E-state index in [1.165, 1.54) is 4.90 Å². The predicted molar refractivity (Wildman–Crippen MR) is 76.7 cm³/mol. The highest BCUT2D eigenvalue weighted by Crippen LogP contribution is 2.30. The molecule has 1 rings (SSSR count). The van der Waals surface area contributed by atoms with Crippen LogP contribution in [0.2, 0.25) is 10.0 Å². The first-order chi connectivity index (χ1) is 8.99. The van der Waals surface area contributed by atoms with Gasteiger partial charge in [-0.3, -0.25) is 10.2 Å². The molecular formula is C12H15Cl2N3O2. The van der Waals surface area contributed by atoms with Crippen LogP contribution in [0.3, 0.4) is 0 Å². The van der Waals surface area contributed by atoms with Gasteiger partial charge in [-0.15, -0.1) is 0 Å². The quantitative estimate of drug-likeness (QED) is 0.366. The lowest BCUT2D eigenvalue weighted by atomic mass is 10.1. The van der Waals surface area contributed by atoms with Gasteiger partial charge < -0.3 is 15.4 Å². The summed E-state index contributed by atoms with van der Waals surface area (Å²) in [6.45, 7) is 2.19. The zero-order valence-corrected chi connectivity index (χ0v) is 12.0. The zero-order chi connectivity index (χ0) is 14.4. The number of rotatable bonds is 6. The first-order valence-electron chi connectivity index (χ1n) is 5.62. The molecule has 0 aromatic heterocycles. The normalized spacial score (nSPS) is 10.1. The molecule has 0 saturated heterocycles. The number of ether oxygens (including phenoxy) is 1. The Morgan fingerprint density at radius 1 is 1.53 bits per heavy atom. The summed E-state index contributed by atoms with van der Waals surface area (Å²) in [4.78, 5) is 12.8. The monoisotopic (exact) mass is 303 g/mol. The molecular weight excluding hydrogens is 289 g/mol. The Hall–Kier alpha value is -1.46. The van der Waals surface area contributed by atoms with Gasteiger partial charge >= 0.3 is 5.97 Å². The van der Waals surface area contributed by atoms with Crippen molar-refractivity contribution in [2.24, 2.45) is 0 Å². The van der Waals surface area contributed by atoms with E-state index in [0.717, 1.165) is 6.34 Å². The van der Waals surface area contributed by atoms with E-state index in [1.807, 2.05) is 0 Å². The fourth-order valence-corrected chi connectivity index (χ4v) is 1.90. The van der Waals surface area contributed by atoms with Gasteiger partial charge in [0.25, 0.3) is 0 Å². The number of nitrogens with two attached hydrogens (primary N) is 1. The third-order valence-electron chi connectivity index (χ3n) is 2.41. The van der Waals surface area contributed by atoms with E-state index in [2.05, 4.69) is 0 Å². The van der Waals surface area contributed by atoms with Gasteiger partial charge in [0, 0.05) is 17.8 Å². The number of benzene rings is 1. The minimum Gasteiger partial charge on any atom is -0.465 e. The maximum Gasteiger partial charge on any atom is 0.325 e. The van der Waals surface area contributed by atoms with Crippen molar-refractivity contribution in [3.63, 3.8) is 0 Å². The van der Waals surface area contributed by atoms with Crippen LogP contribution >= 0.6 is 23.2 Å². The summed E-state index contributed by atoms with van der Waals surface area (Å²) < 4.78 is 4.82. The Balaban J connectivity index is 2.84. The van der Waals surface area contributed by atoms with Crippen LogP contribution in [0.5, 0.6) is 0 Å². The van der Waals surface area contributed by atoms with Crippen LogP contribution in [0.4, 0.5) is 5.69 Å². The molecule has 0 heterocycles. The average Bonchev–Trinajstić information content (AvgIpc) is 2.38. The fraction of sp³-hybridized carbons (Fsp3) is 0.333. The van der Waals surface area contributed by atoms with Crippen LogP contribution in [0, 0.1) is 5.41 Å². The average molecular weight is 304 g/mol. The summed E-state index contributed by atoms with van der Waals surface area (Å²) in [6, 6.07) is 3.23. The number of esters is 1. The molecule has 3 N–H and O–H groups in total. The van der Waals surface area contributed by atoms with E-state index in [4.69, 9.17) is 39.1 Å². The van der Waals surface area contributed by atoms with Crippen molar-refractivity contribution in [3.05, 3.63) is 27.7 Å². The van der Waals surface area contributed by atoms with Crippen LogP contribution in [0.1, 0.15) is 12.5 Å². The van der Waals surface area contributed by atoms with E-state index < -0.39 is 5.97 Å². The Kier molecular flexibility index (Phi) is 5.92. The second-order valence-electron chi connectivity index (χ2n) is 3.77. The van der Waals surface area contributed by atoms with Gasteiger partial charge in [0.05, 0.1) is 23.0 Å². The lowest BCUT2D eigenvalue weighted by molar-refractivity contribution is -0.143. The van der Waals surface area contributed by atoms with E-state index in [-0.39, 0.29) is 13.1 Å². The molecule has 0 unspecified atom stereocenters. The largest absolute Gasteiger partial charge is 0.465 e. The standard InChI is InChI=1S/C12H15Cl2N3O2/c1-2-19-11(18)6-17(7-15)5-8-10(16)4-3-9(13)12(8)14/h3-4,7,15H,2,5-6,16H2,1H3. The maximum atomic E-state index is 11.4. The fourth-order valence-electron chi connectivity index (χ4n) is 1.49. The van der Waals surface area contributed by atoms with E-state index in [0.29, 0.717) is 27.9 Å². The van der Waals surface area contributed by atoms with Gasteiger partial charge in [0.1, 0.15) is 6.54 Å². The maximum absolute atomic E-state index is 11.4. The molecule has 0 aliphatic rings. The molecule has 1 aromatic carbocycles. The van der Waals surface area contributed by atoms with Crippen molar-refractivity contribution in [2.75, 3.05) is 18.9 Å². The number of anilines is 1. The smallest absolute Gasteiger partial charge is 0.325 e. The molecule has 0 saturated carbocycles. The molecule has 0 aliphatic heterocycles. The predicted octanol–water partition coefficient (Wildman–Crippen LogP) is 2.55. The van der Waals surface area contributed by atoms with Gasteiger partial charge in [-0.05, 0) is 19.1 Å². The third kappa shape index (κ3) is 4.29. The molecule has 0 aliphatic carbocycles. The first kappa shape index (κ1) is 15.6. The van der Waals surface area contributed by atoms with E-state index in [1.54, 1.807) is 19.1 Å². The van der Waals surface area contributed by atoms with E-state index >= 15 is 0 Å². The number of carbonyl (C=O) groups is 1. The summed E-state index contributed by atoms with van der Waals surface area (Å²) in [6.07, 6.45) is 1.04. The first-order valence-corrected chi connectivity index (χ1v) is 6.37. The highest BCUT2D eigenvalue weighted by Gasteiger charge is 2.14. The second kappa shape index (κ2) is 7.21. The van der Waals surface area contributed by atoms with Gasteiger partial charge in [-0.2, -0.15) is 0 Å². The summed E-state index contributed by atoms with van der Waals surface area (Å²) in [5.74, 6) is -0.414. The third-order valence-corrected chi connectivity index (χ3v) is 3.26. The summed E-state index contributed by atoms with van der Waals surface area (Å²) in [5, 5.41) is 8.02. The van der Waals surface area contributed by atoms with Gasteiger partial charge in [0.15, 0.2) is 0 Å². The van der Waals surface area contributed by atoms with Crippen LogP contribution in [-0.4, -0.2) is 30.4 Å². The lowest BCUT2D eigenvalue weighted by Crippen LogP contribution is -2.29. The second-order valence-corrected chi connectivity index (χ2v) is 4.55. The number of carbonyl (C=O) groups excluding carboxylic acids is 1. The Morgan fingerprint density at radius 2 is 2.21 bits per heavy atom. The van der Waals surface area contributed by atoms with Crippen molar-refractivity contribution in [2.45, 2.75) is 13.5 Å². The van der Waals surface area contributed by atoms with Crippen LogP contribution in [0.25, 0.3) is 0 Å². The molecule has 0 amide bonds. The molecule has 7 heteroatoms. The van der Waals surface area contributed by atoms with Crippen molar-refractivity contribution in [1.82, 2.24) is 4.90 Å². The van der Waals surface area contributed by atoms with Crippen LogP contribution in [0.15, 0.2) is 12.1 Å². The Bertz CT molecular complexity index is 480. The van der Waals surface area contributed by atoms with Crippen molar-refractivity contribution >= 4 is 41.2 Å². The molecule has 0 spiro atoms. The molecule has 1 aromatic rings. The number of halogens is 2. The number of nitrogen functional groups attached to an aromatic ring is 1. The minimum absolute atomic E-state index is 0.0420. The van der Waals surface area contributed by atoms with Gasteiger partial charge in [-0.1, -0.05) is 23.2 Å². The number of hydrogen-bond donors (Lipinski definition) is 2.